The number of ether oxygens (including phenoxy) is 1. The van der Waals surface area contributed by atoms with Crippen LogP contribution >= 0.6 is 0 Å². The second-order valence-corrected chi connectivity index (χ2v) is 12.8. The van der Waals surface area contributed by atoms with Crippen molar-refractivity contribution >= 4 is 0 Å². The topological polar surface area (TPSA) is 9.23 Å². The van der Waals surface area contributed by atoms with Crippen molar-refractivity contribution in [3.63, 3.8) is 0 Å². The Morgan fingerprint density at radius 1 is 1.03 bits per heavy atom. The highest BCUT2D eigenvalue weighted by atomic mass is 16.5. The van der Waals surface area contributed by atoms with Crippen molar-refractivity contribution in [3.8, 4) is 5.75 Å². The summed E-state index contributed by atoms with van der Waals surface area (Å²) in [6, 6.07) is 4.66. The highest BCUT2D eigenvalue weighted by molar-refractivity contribution is 5.49. The van der Waals surface area contributed by atoms with Crippen LogP contribution in [0.2, 0.25) is 0 Å². The Hall–Kier alpha value is -0.980. The van der Waals surface area contributed by atoms with Gasteiger partial charge in [0.05, 0.1) is 0 Å². The van der Waals surface area contributed by atoms with Gasteiger partial charge in [-0.1, -0.05) is 54.0 Å². The van der Waals surface area contributed by atoms with Gasteiger partial charge in [0.15, 0.2) is 0 Å². The van der Waals surface area contributed by atoms with E-state index in [0.717, 1.165) is 30.6 Å². The van der Waals surface area contributed by atoms with Crippen molar-refractivity contribution in [1.29, 1.82) is 0 Å². The fourth-order valence-electron chi connectivity index (χ4n) is 7.84. The summed E-state index contributed by atoms with van der Waals surface area (Å²) in [6.45, 7) is 19.2. The Bertz CT molecular complexity index is 807. The fraction of sp³-hybridized carbons (Fsp3) is 0.800. The summed E-state index contributed by atoms with van der Waals surface area (Å²) in [4.78, 5) is 0. The molecule has 31 heavy (non-hydrogen) atoms. The molecule has 1 aromatic rings. The molecule has 1 aromatic carbocycles. The standard InChI is InChI=1S/C30H48O/c1-9-28(5,6)19-29(7,10-2)31-26-16-11-20(3)22-13-14-23-24(27(22)26)17-18-30(8)21(4)12-15-25(23)30/h11,16,21,23-25H,9-10,12-15,17-19H2,1-8H3. The summed E-state index contributed by atoms with van der Waals surface area (Å²) in [5.41, 5.74) is 5.52. The van der Waals surface area contributed by atoms with Crippen LogP contribution in [-0.2, 0) is 6.42 Å². The van der Waals surface area contributed by atoms with E-state index in [0.29, 0.717) is 16.7 Å². The van der Waals surface area contributed by atoms with Gasteiger partial charge in [-0.3, -0.25) is 0 Å². The third-order valence-corrected chi connectivity index (χ3v) is 10.5. The molecule has 0 bridgehead atoms. The maximum absolute atomic E-state index is 7.05. The van der Waals surface area contributed by atoms with Gasteiger partial charge in [0.25, 0.3) is 0 Å². The molecule has 4 rings (SSSR count). The van der Waals surface area contributed by atoms with Crippen molar-refractivity contribution < 1.29 is 4.74 Å². The summed E-state index contributed by atoms with van der Waals surface area (Å²) >= 11 is 0. The van der Waals surface area contributed by atoms with Crippen LogP contribution in [0.1, 0.15) is 122 Å². The number of hydrogen-bond acceptors (Lipinski definition) is 1. The third kappa shape index (κ3) is 3.97. The molecule has 0 spiro atoms. The first kappa shape index (κ1) is 23.2. The number of hydrogen-bond donors (Lipinski definition) is 0. The molecule has 2 fully saturated rings. The Balaban J connectivity index is 1.70. The van der Waals surface area contributed by atoms with E-state index in [2.05, 4.69) is 67.5 Å². The number of aryl methyl sites for hydroxylation is 1. The normalized spacial score (nSPS) is 34.5. The quantitative estimate of drug-likeness (QED) is 0.443. The van der Waals surface area contributed by atoms with E-state index in [-0.39, 0.29) is 5.60 Å². The lowest BCUT2D eigenvalue weighted by Gasteiger charge is -2.51. The molecule has 6 unspecified atom stereocenters. The van der Waals surface area contributed by atoms with E-state index in [4.69, 9.17) is 4.74 Å². The largest absolute Gasteiger partial charge is 0.487 e. The predicted molar refractivity (Wildman–Crippen MR) is 133 cm³/mol. The van der Waals surface area contributed by atoms with Crippen LogP contribution in [0.25, 0.3) is 0 Å². The molecule has 0 aromatic heterocycles. The first-order valence-electron chi connectivity index (χ1n) is 13.3. The zero-order chi connectivity index (χ0) is 22.6. The second kappa shape index (κ2) is 8.11. The maximum atomic E-state index is 7.05. The average molecular weight is 425 g/mol. The van der Waals surface area contributed by atoms with Crippen molar-refractivity contribution in [1.82, 2.24) is 0 Å². The van der Waals surface area contributed by atoms with Crippen molar-refractivity contribution in [2.45, 2.75) is 125 Å². The van der Waals surface area contributed by atoms with Crippen LogP contribution in [-0.4, -0.2) is 5.60 Å². The zero-order valence-corrected chi connectivity index (χ0v) is 21.7. The van der Waals surface area contributed by atoms with Crippen LogP contribution in [0.4, 0.5) is 0 Å². The van der Waals surface area contributed by atoms with Crippen LogP contribution in [0.15, 0.2) is 12.1 Å². The Labute approximate surface area is 192 Å². The molecule has 174 valence electrons. The number of rotatable bonds is 6. The number of benzene rings is 1. The lowest BCUT2D eigenvalue weighted by atomic mass is 9.54. The van der Waals surface area contributed by atoms with Crippen LogP contribution in [0.5, 0.6) is 5.75 Å². The summed E-state index contributed by atoms with van der Waals surface area (Å²) in [5, 5.41) is 0. The van der Waals surface area contributed by atoms with Crippen LogP contribution in [0, 0.1) is 35.5 Å². The first-order chi connectivity index (χ1) is 14.5. The molecule has 2 saturated carbocycles. The summed E-state index contributed by atoms with van der Waals surface area (Å²) in [7, 11) is 0. The van der Waals surface area contributed by atoms with Gasteiger partial charge in [-0.25, -0.2) is 0 Å². The van der Waals surface area contributed by atoms with E-state index in [1.54, 1.807) is 11.1 Å². The van der Waals surface area contributed by atoms with E-state index >= 15 is 0 Å². The highest BCUT2D eigenvalue weighted by Gasteiger charge is 2.54. The van der Waals surface area contributed by atoms with E-state index in [1.807, 2.05) is 0 Å². The summed E-state index contributed by atoms with van der Waals surface area (Å²) in [6.07, 6.45) is 11.7. The van der Waals surface area contributed by atoms with Gasteiger partial charge in [-0.05, 0) is 117 Å². The maximum Gasteiger partial charge on any atom is 0.123 e. The molecule has 0 radical (unpaired) electrons. The predicted octanol–water partition coefficient (Wildman–Crippen LogP) is 8.86. The summed E-state index contributed by atoms with van der Waals surface area (Å²) < 4.78 is 7.05. The average Bonchev–Trinajstić information content (AvgIpc) is 3.04. The smallest absolute Gasteiger partial charge is 0.123 e. The number of fused-ring (bicyclic) bond motifs is 5. The van der Waals surface area contributed by atoms with Crippen LogP contribution < -0.4 is 4.74 Å². The minimum absolute atomic E-state index is 0.0967. The molecule has 0 N–H and O–H groups in total. The van der Waals surface area contributed by atoms with Gasteiger partial charge in [0.1, 0.15) is 11.4 Å². The van der Waals surface area contributed by atoms with Crippen molar-refractivity contribution in [2.24, 2.45) is 28.6 Å². The molecule has 3 aliphatic rings. The van der Waals surface area contributed by atoms with E-state index in [9.17, 15) is 0 Å². The van der Waals surface area contributed by atoms with Gasteiger partial charge < -0.3 is 4.74 Å². The minimum atomic E-state index is -0.0967. The molecule has 1 heteroatoms. The van der Waals surface area contributed by atoms with E-state index < -0.39 is 0 Å². The fourth-order valence-corrected chi connectivity index (χ4v) is 7.84. The SMILES string of the molecule is CCC(C)(C)CC(C)(CC)Oc1ccc(C)c2c1C1CCC3(C)C(C)CCC3C1CC2. The molecule has 1 nitrogen and oxygen atoms in total. The minimum Gasteiger partial charge on any atom is -0.487 e. The first-order valence-corrected chi connectivity index (χ1v) is 13.3. The zero-order valence-electron chi connectivity index (χ0n) is 21.7. The monoisotopic (exact) mass is 424 g/mol. The molecular formula is C30H48O. The van der Waals surface area contributed by atoms with E-state index in [1.165, 1.54) is 56.3 Å². The molecular weight excluding hydrogens is 376 g/mol. The van der Waals surface area contributed by atoms with Gasteiger partial charge in [-0.2, -0.15) is 0 Å². The molecule has 3 aliphatic carbocycles. The highest BCUT2D eigenvalue weighted by Crippen LogP contribution is 2.63. The Morgan fingerprint density at radius 3 is 2.45 bits per heavy atom. The molecule has 0 aliphatic heterocycles. The molecule has 6 atom stereocenters. The van der Waals surface area contributed by atoms with Gasteiger partial charge in [-0.15, -0.1) is 0 Å². The third-order valence-electron chi connectivity index (χ3n) is 10.5. The Morgan fingerprint density at radius 2 is 1.77 bits per heavy atom. The Kier molecular flexibility index (Phi) is 6.06. The van der Waals surface area contributed by atoms with Crippen LogP contribution in [0.3, 0.4) is 0 Å². The molecule has 0 saturated heterocycles. The molecule has 0 amide bonds. The summed E-state index contributed by atoms with van der Waals surface area (Å²) in [5.74, 6) is 4.61. The second-order valence-electron chi connectivity index (χ2n) is 12.8. The van der Waals surface area contributed by atoms with Gasteiger partial charge in [0, 0.05) is 5.56 Å². The lowest BCUT2D eigenvalue weighted by molar-refractivity contribution is 0.0204. The van der Waals surface area contributed by atoms with Crippen molar-refractivity contribution in [2.75, 3.05) is 0 Å². The van der Waals surface area contributed by atoms with Gasteiger partial charge >= 0.3 is 0 Å². The molecule has 0 heterocycles. The van der Waals surface area contributed by atoms with Crippen molar-refractivity contribution in [3.05, 3.63) is 28.8 Å². The lowest BCUT2D eigenvalue weighted by Crippen LogP contribution is -2.42. The van der Waals surface area contributed by atoms with Gasteiger partial charge in [0.2, 0.25) is 0 Å².